The van der Waals surface area contributed by atoms with Gasteiger partial charge in [0.15, 0.2) is 0 Å². The monoisotopic (exact) mass is 257 g/mol. The number of carbonyl (C=O) groups is 1. The minimum Gasteiger partial charge on any atom is -0.328 e. The Morgan fingerprint density at radius 2 is 2.05 bits per heavy atom. The third-order valence-electron chi connectivity index (χ3n) is 3.81. The van der Waals surface area contributed by atoms with Gasteiger partial charge in [-0.05, 0) is 43.9 Å². The van der Waals surface area contributed by atoms with Crippen molar-refractivity contribution < 1.29 is 4.79 Å². The predicted octanol–water partition coefficient (Wildman–Crippen LogP) is 2.04. The first kappa shape index (κ1) is 13.6. The fourth-order valence-corrected chi connectivity index (χ4v) is 2.55. The van der Waals surface area contributed by atoms with Gasteiger partial charge in [0.2, 0.25) is 5.91 Å². The van der Waals surface area contributed by atoms with E-state index in [1.54, 1.807) is 30.1 Å². The lowest BCUT2D eigenvalue weighted by atomic mass is 9.85. The number of benzene rings is 1. The molecule has 0 bridgehead atoms. The predicted molar refractivity (Wildman–Crippen MR) is 74.5 cm³/mol. The van der Waals surface area contributed by atoms with Crippen molar-refractivity contribution in [3.05, 3.63) is 29.8 Å². The number of anilines is 1. The molecule has 4 nitrogen and oxygen atoms in total. The number of nitriles is 1. The van der Waals surface area contributed by atoms with Crippen molar-refractivity contribution in [1.29, 1.82) is 5.26 Å². The van der Waals surface area contributed by atoms with E-state index in [9.17, 15) is 4.79 Å². The molecule has 1 fully saturated rings. The Labute approximate surface area is 113 Å². The molecule has 1 amide bonds. The summed E-state index contributed by atoms with van der Waals surface area (Å²) in [5, 5.41) is 8.89. The molecule has 1 saturated carbocycles. The summed E-state index contributed by atoms with van der Waals surface area (Å²) >= 11 is 0. The molecule has 0 saturated heterocycles. The van der Waals surface area contributed by atoms with E-state index in [-0.39, 0.29) is 17.9 Å². The number of amides is 1. The van der Waals surface area contributed by atoms with E-state index in [0.29, 0.717) is 5.56 Å². The Balaban J connectivity index is 2.08. The SMILES string of the molecule is CN(C(=O)C1CCC(N)CC1)c1cccc(C#N)c1. The van der Waals surface area contributed by atoms with Crippen LogP contribution in [0, 0.1) is 17.2 Å². The first-order chi connectivity index (χ1) is 9.11. The average molecular weight is 257 g/mol. The second-order valence-corrected chi connectivity index (χ2v) is 5.17. The van der Waals surface area contributed by atoms with Crippen LogP contribution in [0.15, 0.2) is 24.3 Å². The van der Waals surface area contributed by atoms with Gasteiger partial charge in [0.05, 0.1) is 11.6 Å². The minimum absolute atomic E-state index is 0.0653. The van der Waals surface area contributed by atoms with Gasteiger partial charge in [-0.25, -0.2) is 0 Å². The standard InChI is InChI=1S/C15H19N3O/c1-18(14-4-2-3-11(9-14)10-16)15(19)12-5-7-13(17)8-6-12/h2-4,9,12-13H,5-8,17H2,1H3. The number of hydrogen-bond acceptors (Lipinski definition) is 3. The van der Waals surface area contributed by atoms with Crippen molar-refractivity contribution in [2.24, 2.45) is 11.7 Å². The zero-order chi connectivity index (χ0) is 13.8. The maximum atomic E-state index is 12.4. The van der Waals surface area contributed by atoms with Crippen LogP contribution in [-0.2, 0) is 4.79 Å². The lowest BCUT2D eigenvalue weighted by Gasteiger charge is -2.29. The van der Waals surface area contributed by atoms with Crippen LogP contribution in [0.1, 0.15) is 31.2 Å². The van der Waals surface area contributed by atoms with Crippen molar-refractivity contribution in [3.8, 4) is 6.07 Å². The molecule has 1 aromatic rings. The van der Waals surface area contributed by atoms with Crippen molar-refractivity contribution in [2.75, 3.05) is 11.9 Å². The van der Waals surface area contributed by atoms with E-state index < -0.39 is 0 Å². The van der Waals surface area contributed by atoms with Crippen LogP contribution in [0.5, 0.6) is 0 Å². The van der Waals surface area contributed by atoms with E-state index >= 15 is 0 Å². The van der Waals surface area contributed by atoms with E-state index in [1.165, 1.54) is 0 Å². The maximum Gasteiger partial charge on any atom is 0.229 e. The summed E-state index contributed by atoms with van der Waals surface area (Å²) in [7, 11) is 1.77. The highest BCUT2D eigenvalue weighted by molar-refractivity contribution is 5.94. The molecule has 0 heterocycles. The van der Waals surface area contributed by atoms with Crippen molar-refractivity contribution in [1.82, 2.24) is 0 Å². The topological polar surface area (TPSA) is 70.1 Å². The summed E-state index contributed by atoms with van der Waals surface area (Å²) in [6, 6.07) is 9.47. The highest BCUT2D eigenvalue weighted by Crippen LogP contribution is 2.26. The smallest absolute Gasteiger partial charge is 0.229 e. The van der Waals surface area contributed by atoms with Gasteiger partial charge in [-0.15, -0.1) is 0 Å². The second kappa shape index (κ2) is 5.85. The molecule has 1 aromatic carbocycles. The minimum atomic E-state index is 0.0653. The van der Waals surface area contributed by atoms with Gasteiger partial charge in [0, 0.05) is 24.7 Å². The molecule has 2 rings (SSSR count). The molecule has 0 atom stereocenters. The quantitative estimate of drug-likeness (QED) is 0.881. The highest BCUT2D eigenvalue weighted by atomic mass is 16.2. The van der Waals surface area contributed by atoms with Gasteiger partial charge in [-0.2, -0.15) is 5.26 Å². The summed E-state index contributed by atoms with van der Waals surface area (Å²) in [5.74, 6) is 0.192. The van der Waals surface area contributed by atoms with Gasteiger partial charge < -0.3 is 10.6 Å². The lowest BCUT2D eigenvalue weighted by molar-refractivity contribution is -0.123. The Morgan fingerprint density at radius 1 is 1.37 bits per heavy atom. The molecule has 1 aliphatic rings. The summed E-state index contributed by atoms with van der Waals surface area (Å²) in [6.07, 6.45) is 3.57. The number of hydrogen-bond donors (Lipinski definition) is 1. The first-order valence-corrected chi connectivity index (χ1v) is 6.65. The average Bonchev–Trinajstić information content (AvgIpc) is 2.46. The van der Waals surface area contributed by atoms with E-state index in [4.69, 9.17) is 11.0 Å². The zero-order valence-corrected chi connectivity index (χ0v) is 11.2. The van der Waals surface area contributed by atoms with Crippen LogP contribution in [-0.4, -0.2) is 19.0 Å². The Morgan fingerprint density at radius 3 is 2.68 bits per heavy atom. The van der Waals surface area contributed by atoms with Gasteiger partial charge in [-0.3, -0.25) is 4.79 Å². The summed E-state index contributed by atoms with van der Waals surface area (Å²) < 4.78 is 0. The Bertz CT molecular complexity index is 498. The van der Waals surface area contributed by atoms with Crippen molar-refractivity contribution in [2.45, 2.75) is 31.7 Å². The van der Waals surface area contributed by atoms with Crippen LogP contribution >= 0.6 is 0 Å². The second-order valence-electron chi connectivity index (χ2n) is 5.17. The van der Waals surface area contributed by atoms with Gasteiger partial charge in [0.1, 0.15) is 0 Å². The molecule has 0 radical (unpaired) electrons. The highest BCUT2D eigenvalue weighted by Gasteiger charge is 2.27. The molecule has 0 spiro atoms. The fraction of sp³-hybridized carbons (Fsp3) is 0.467. The fourth-order valence-electron chi connectivity index (χ4n) is 2.55. The molecule has 4 heteroatoms. The van der Waals surface area contributed by atoms with E-state index in [1.807, 2.05) is 6.07 Å². The first-order valence-electron chi connectivity index (χ1n) is 6.65. The Kier molecular flexibility index (Phi) is 4.18. The van der Waals surface area contributed by atoms with Crippen LogP contribution in [0.25, 0.3) is 0 Å². The summed E-state index contributed by atoms with van der Waals surface area (Å²) in [5.41, 5.74) is 7.21. The lowest BCUT2D eigenvalue weighted by Crippen LogP contribution is -2.37. The Hall–Kier alpha value is -1.86. The van der Waals surface area contributed by atoms with Crippen molar-refractivity contribution in [3.63, 3.8) is 0 Å². The molecular formula is C15H19N3O. The van der Waals surface area contributed by atoms with Crippen LogP contribution in [0.3, 0.4) is 0 Å². The van der Waals surface area contributed by atoms with Crippen LogP contribution in [0.4, 0.5) is 5.69 Å². The molecule has 0 aliphatic heterocycles. The molecule has 0 unspecified atom stereocenters. The molecule has 100 valence electrons. The number of rotatable bonds is 2. The molecular weight excluding hydrogens is 238 g/mol. The maximum absolute atomic E-state index is 12.4. The van der Waals surface area contributed by atoms with Crippen molar-refractivity contribution >= 4 is 11.6 Å². The van der Waals surface area contributed by atoms with Gasteiger partial charge >= 0.3 is 0 Å². The zero-order valence-electron chi connectivity index (χ0n) is 11.2. The number of nitrogens with zero attached hydrogens (tertiary/aromatic N) is 2. The molecule has 0 aromatic heterocycles. The van der Waals surface area contributed by atoms with Gasteiger partial charge in [0.25, 0.3) is 0 Å². The van der Waals surface area contributed by atoms with Crippen LogP contribution in [0.2, 0.25) is 0 Å². The summed E-state index contributed by atoms with van der Waals surface area (Å²) in [6.45, 7) is 0. The van der Waals surface area contributed by atoms with Crippen LogP contribution < -0.4 is 10.6 Å². The molecule has 19 heavy (non-hydrogen) atoms. The molecule has 1 aliphatic carbocycles. The summed E-state index contributed by atoms with van der Waals surface area (Å²) in [4.78, 5) is 14.1. The molecule has 2 N–H and O–H groups in total. The van der Waals surface area contributed by atoms with Gasteiger partial charge in [-0.1, -0.05) is 6.07 Å². The number of carbonyl (C=O) groups excluding carboxylic acids is 1. The van der Waals surface area contributed by atoms with E-state index in [0.717, 1.165) is 31.4 Å². The van der Waals surface area contributed by atoms with E-state index in [2.05, 4.69) is 6.07 Å². The largest absolute Gasteiger partial charge is 0.328 e. The third-order valence-corrected chi connectivity index (χ3v) is 3.81. The normalized spacial score (nSPS) is 22.6. The number of nitrogens with two attached hydrogens (primary N) is 1. The third kappa shape index (κ3) is 3.12.